The number of fused-ring (bicyclic) bond motifs is 1. The van der Waals surface area contributed by atoms with Crippen LogP contribution in [0.3, 0.4) is 0 Å². The highest BCUT2D eigenvalue weighted by Gasteiger charge is 2.24. The van der Waals surface area contributed by atoms with Crippen molar-refractivity contribution in [1.82, 2.24) is 5.32 Å². The average molecular weight is 281 g/mol. The fraction of sp³-hybridized carbons (Fsp3) is 0.368. The summed E-state index contributed by atoms with van der Waals surface area (Å²) in [5, 5.41) is 3.57. The summed E-state index contributed by atoms with van der Waals surface area (Å²) in [5.74, 6) is 1.63. The summed E-state index contributed by atoms with van der Waals surface area (Å²) in [6.07, 6.45) is 1.43. The van der Waals surface area contributed by atoms with E-state index in [2.05, 4.69) is 61.6 Å². The lowest BCUT2D eigenvalue weighted by Crippen LogP contribution is -2.28. The van der Waals surface area contributed by atoms with Crippen molar-refractivity contribution in [2.75, 3.05) is 6.54 Å². The Morgan fingerprint density at radius 1 is 1.14 bits per heavy atom. The van der Waals surface area contributed by atoms with Crippen LogP contribution >= 0.6 is 0 Å². The van der Waals surface area contributed by atoms with Crippen molar-refractivity contribution in [1.29, 1.82) is 0 Å². The third-order valence-electron chi connectivity index (χ3n) is 3.95. The minimum atomic E-state index is 0.222. The first-order valence-electron chi connectivity index (χ1n) is 7.76. The molecule has 1 atom stereocenters. The molecule has 2 nitrogen and oxygen atoms in total. The number of benzene rings is 2. The van der Waals surface area contributed by atoms with E-state index >= 15 is 0 Å². The molecule has 0 fully saturated rings. The lowest BCUT2D eigenvalue weighted by molar-refractivity contribution is 0.242. The standard InChI is InChI=1S/C19H23NO/c1-14(2)21-18-8-5-6-15(10-18)12-20-13-17-11-16-7-3-4-9-19(16)17/h3-10,14,17,20H,11-13H2,1-2H3. The summed E-state index contributed by atoms with van der Waals surface area (Å²) < 4.78 is 5.73. The Morgan fingerprint density at radius 2 is 2.00 bits per heavy atom. The summed E-state index contributed by atoms with van der Waals surface area (Å²) in [6.45, 7) is 6.05. The van der Waals surface area contributed by atoms with Gasteiger partial charge in [0.2, 0.25) is 0 Å². The maximum Gasteiger partial charge on any atom is 0.120 e. The number of nitrogens with one attached hydrogen (secondary N) is 1. The van der Waals surface area contributed by atoms with Gasteiger partial charge in [0.25, 0.3) is 0 Å². The van der Waals surface area contributed by atoms with Gasteiger partial charge in [0.05, 0.1) is 6.10 Å². The topological polar surface area (TPSA) is 21.3 Å². The Balaban J connectivity index is 1.50. The van der Waals surface area contributed by atoms with Crippen molar-refractivity contribution in [2.45, 2.75) is 38.8 Å². The van der Waals surface area contributed by atoms with Crippen LogP contribution in [0.2, 0.25) is 0 Å². The molecule has 110 valence electrons. The molecule has 1 aliphatic rings. The summed E-state index contributed by atoms with van der Waals surface area (Å²) in [6, 6.07) is 17.1. The van der Waals surface area contributed by atoms with E-state index in [1.54, 1.807) is 0 Å². The zero-order chi connectivity index (χ0) is 14.7. The van der Waals surface area contributed by atoms with Crippen LogP contribution in [0.5, 0.6) is 5.75 Å². The Hall–Kier alpha value is -1.80. The van der Waals surface area contributed by atoms with Crippen molar-refractivity contribution in [3.8, 4) is 5.75 Å². The van der Waals surface area contributed by atoms with Gasteiger partial charge in [-0.05, 0) is 49.1 Å². The summed E-state index contributed by atoms with van der Waals surface area (Å²) >= 11 is 0. The maximum atomic E-state index is 5.73. The molecule has 1 N–H and O–H groups in total. The van der Waals surface area contributed by atoms with Crippen LogP contribution in [0, 0.1) is 0 Å². The highest BCUT2D eigenvalue weighted by molar-refractivity contribution is 5.40. The fourth-order valence-corrected chi connectivity index (χ4v) is 2.94. The van der Waals surface area contributed by atoms with Gasteiger partial charge in [0.15, 0.2) is 0 Å². The fourth-order valence-electron chi connectivity index (χ4n) is 2.94. The second-order valence-corrected chi connectivity index (χ2v) is 6.04. The Morgan fingerprint density at radius 3 is 2.81 bits per heavy atom. The zero-order valence-corrected chi connectivity index (χ0v) is 12.8. The summed E-state index contributed by atoms with van der Waals surface area (Å²) in [4.78, 5) is 0. The zero-order valence-electron chi connectivity index (χ0n) is 12.8. The maximum absolute atomic E-state index is 5.73. The van der Waals surface area contributed by atoms with E-state index in [1.165, 1.54) is 23.1 Å². The molecule has 0 spiro atoms. The van der Waals surface area contributed by atoms with E-state index in [0.29, 0.717) is 5.92 Å². The normalized spacial score (nSPS) is 16.4. The van der Waals surface area contributed by atoms with Crippen LogP contribution in [-0.2, 0) is 13.0 Å². The van der Waals surface area contributed by atoms with Crippen LogP contribution in [0.1, 0.15) is 36.5 Å². The Kier molecular flexibility index (Phi) is 4.26. The van der Waals surface area contributed by atoms with Gasteiger partial charge in [0.1, 0.15) is 5.75 Å². The van der Waals surface area contributed by atoms with Crippen molar-refractivity contribution >= 4 is 0 Å². The van der Waals surface area contributed by atoms with E-state index < -0.39 is 0 Å². The molecular formula is C19H23NO. The SMILES string of the molecule is CC(C)Oc1cccc(CNCC2Cc3ccccc32)c1. The molecule has 0 radical (unpaired) electrons. The van der Waals surface area contributed by atoms with Crippen LogP contribution in [0.25, 0.3) is 0 Å². The molecule has 2 heteroatoms. The van der Waals surface area contributed by atoms with Gasteiger partial charge in [0, 0.05) is 19.0 Å². The molecule has 0 amide bonds. The number of hydrogen-bond donors (Lipinski definition) is 1. The number of rotatable bonds is 6. The largest absolute Gasteiger partial charge is 0.491 e. The van der Waals surface area contributed by atoms with Gasteiger partial charge in [-0.15, -0.1) is 0 Å². The molecule has 0 bridgehead atoms. The van der Waals surface area contributed by atoms with E-state index in [0.717, 1.165) is 18.8 Å². The molecule has 0 aliphatic heterocycles. The third kappa shape index (κ3) is 3.45. The van der Waals surface area contributed by atoms with E-state index in [1.807, 2.05) is 6.07 Å². The molecule has 2 aromatic rings. The molecule has 1 aliphatic carbocycles. The lowest BCUT2D eigenvalue weighted by atomic mass is 9.77. The van der Waals surface area contributed by atoms with Crippen LogP contribution < -0.4 is 10.1 Å². The molecule has 2 aromatic carbocycles. The lowest BCUT2D eigenvalue weighted by Gasteiger charge is -2.30. The van der Waals surface area contributed by atoms with E-state index in [9.17, 15) is 0 Å². The summed E-state index contributed by atoms with van der Waals surface area (Å²) in [5.41, 5.74) is 4.30. The van der Waals surface area contributed by atoms with E-state index in [4.69, 9.17) is 4.74 Å². The predicted molar refractivity (Wildman–Crippen MR) is 86.8 cm³/mol. The van der Waals surface area contributed by atoms with Gasteiger partial charge in [-0.25, -0.2) is 0 Å². The molecule has 21 heavy (non-hydrogen) atoms. The van der Waals surface area contributed by atoms with Crippen molar-refractivity contribution in [3.05, 3.63) is 65.2 Å². The van der Waals surface area contributed by atoms with Gasteiger partial charge < -0.3 is 10.1 Å². The van der Waals surface area contributed by atoms with Crippen molar-refractivity contribution in [2.24, 2.45) is 0 Å². The average Bonchev–Trinajstić information content (AvgIpc) is 2.43. The predicted octanol–water partition coefficient (Wildman–Crippen LogP) is 3.90. The number of hydrogen-bond acceptors (Lipinski definition) is 2. The number of ether oxygens (including phenoxy) is 1. The Bertz CT molecular complexity index is 606. The second-order valence-electron chi connectivity index (χ2n) is 6.04. The highest BCUT2D eigenvalue weighted by Crippen LogP contribution is 2.34. The first-order chi connectivity index (χ1) is 10.2. The minimum Gasteiger partial charge on any atom is -0.491 e. The molecular weight excluding hydrogens is 258 g/mol. The van der Waals surface area contributed by atoms with Crippen molar-refractivity contribution in [3.63, 3.8) is 0 Å². The molecule has 3 rings (SSSR count). The quantitative estimate of drug-likeness (QED) is 0.867. The van der Waals surface area contributed by atoms with Gasteiger partial charge in [-0.3, -0.25) is 0 Å². The molecule has 0 aromatic heterocycles. The van der Waals surface area contributed by atoms with Crippen molar-refractivity contribution < 1.29 is 4.74 Å². The molecule has 0 saturated carbocycles. The minimum absolute atomic E-state index is 0.222. The summed E-state index contributed by atoms with van der Waals surface area (Å²) in [7, 11) is 0. The van der Waals surface area contributed by atoms with Gasteiger partial charge in [-0.2, -0.15) is 0 Å². The van der Waals surface area contributed by atoms with Crippen LogP contribution in [-0.4, -0.2) is 12.6 Å². The second kappa shape index (κ2) is 6.31. The smallest absolute Gasteiger partial charge is 0.120 e. The molecule has 0 heterocycles. The van der Waals surface area contributed by atoms with Gasteiger partial charge >= 0.3 is 0 Å². The van der Waals surface area contributed by atoms with Gasteiger partial charge in [-0.1, -0.05) is 36.4 Å². The monoisotopic (exact) mass is 281 g/mol. The molecule has 0 saturated heterocycles. The van der Waals surface area contributed by atoms with E-state index in [-0.39, 0.29) is 6.10 Å². The first kappa shape index (κ1) is 14.2. The van der Waals surface area contributed by atoms with Crippen LogP contribution in [0.4, 0.5) is 0 Å². The van der Waals surface area contributed by atoms with Crippen LogP contribution in [0.15, 0.2) is 48.5 Å². The first-order valence-corrected chi connectivity index (χ1v) is 7.76. The third-order valence-corrected chi connectivity index (χ3v) is 3.95. The Labute approximate surface area is 127 Å². The highest BCUT2D eigenvalue weighted by atomic mass is 16.5. The molecule has 1 unspecified atom stereocenters.